The fourth-order valence-corrected chi connectivity index (χ4v) is 3.30. The van der Waals surface area contributed by atoms with Crippen molar-refractivity contribution in [2.75, 3.05) is 6.61 Å². The molecule has 0 amide bonds. The Labute approximate surface area is 93.8 Å². The predicted molar refractivity (Wildman–Crippen MR) is 60.8 cm³/mol. The summed E-state index contributed by atoms with van der Waals surface area (Å²) in [4.78, 5) is 0.290. The van der Waals surface area contributed by atoms with Crippen molar-refractivity contribution in [1.29, 1.82) is 0 Å². The molecule has 0 radical (unpaired) electrons. The van der Waals surface area contributed by atoms with Crippen molar-refractivity contribution in [2.45, 2.75) is 11.3 Å². The van der Waals surface area contributed by atoms with E-state index in [1.807, 2.05) is 24.3 Å². The molecule has 1 heterocycles. The van der Waals surface area contributed by atoms with Crippen molar-refractivity contribution in [3.63, 3.8) is 0 Å². The highest BCUT2D eigenvalue weighted by Crippen LogP contribution is 2.30. The summed E-state index contributed by atoms with van der Waals surface area (Å²) in [5.41, 5.74) is 1.04. The SMILES string of the molecule is O=S1(=O)OCCc2cccc3cccc1c23. The van der Waals surface area contributed by atoms with Crippen molar-refractivity contribution >= 4 is 20.9 Å². The van der Waals surface area contributed by atoms with E-state index in [2.05, 4.69) is 0 Å². The molecule has 1 aliphatic rings. The molecular weight excluding hydrogens is 224 g/mol. The van der Waals surface area contributed by atoms with E-state index in [0.29, 0.717) is 6.42 Å². The lowest BCUT2D eigenvalue weighted by molar-refractivity contribution is 0.325. The van der Waals surface area contributed by atoms with E-state index in [1.165, 1.54) is 0 Å². The van der Waals surface area contributed by atoms with Crippen molar-refractivity contribution in [1.82, 2.24) is 0 Å². The summed E-state index contributed by atoms with van der Waals surface area (Å²) in [5.74, 6) is 0. The summed E-state index contributed by atoms with van der Waals surface area (Å²) in [6.45, 7) is 0.218. The second-order valence-corrected chi connectivity index (χ2v) is 5.38. The van der Waals surface area contributed by atoms with Gasteiger partial charge in [0.1, 0.15) is 4.90 Å². The molecule has 0 fully saturated rings. The van der Waals surface area contributed by atoms with Crippen LogP contribution in [0.1, 0.15) is 5.56 Å². The highest BCUT2D eigenvalue weighted by molar-refractivity contribution is 7.87. The summed E-state index contributed by atoms with van der Waals surface area (Å²) in [6, 6.07) is 11.1. The third-order valence-electron chi connectivity index (χ3n) is 2.83. The fraction of sp³-hybridized carbons (Fsp3) is 0.167. The molecule has 0 spiro atoms. The maximum Gasteiger partial charge on any atom is 0.297 e. The molecule has 0 saturated carbocycles. The van der Waals surface area contributed by atoms with Gasteiger partial charge in [0, 0.05) is 5.39 Å². The standard InChI is InChI=1S/C12H10O3S/c13-16(14)11-6-2-5-9-3-1-4-10(12(9)11)7-8-15-16/h1-6H,7-8H2. The molecule has 4 heteroatoms. The van der Waals surface area contributed by atoms with Crippen LogP contribution < -0.4 is 0 Å². The van der Waals surface area contributed by atoms with Gasteiger partial charge in [-0.1, -0.05) is 30.3 Å². The number of hydrogen-bond acceptors (Lipinski definition) is 3. The molecule has 0 unspecified atom stereocenters. The maximum atomic E-state index is 11.9. The van der Waals surface area contributed by atoms with Crippen LogP contribution >= 0.6 is 0 Å². The molecule has 0 aromatic heterocycles. The minimum Gasteiger partial charge on any atom is -0.266 e. The molecule has 3 nitrogen and oxygen atoms in total. The van der Waals surface area contributed by atoms with Gasteiger partial charge in [-0.2, -0.15) is 8.42 Å². The molecule has 0 aliphatic carbocycles. The molecule has 2 aromatic carbocycles. The molecule has 16 heavy (non-hydrogen) atoms. The molecule has 0 atom stereocenters. The van der Waals surface area contributed by atoms with Crippen LogP contribution in [0.15, 0.2) is 41.3 Å². The first-order valence-corrected chi connectivity index (χ1v) is 6.49. The molecule has 0 saturated heterocycles. The smallest absolute Gasteiger partial charge is 0.266 e. The van der Waals surface area contributed by atoms with Gasteiger partial charge in [-0.25, -0.2) is 0 Å². The zero-order chi connectivity index (χ0) is 11.2. The first-order chi connectivity index (χ1) is 7.68. The van der Waals surface area contributed by atoms with Crippen LogP contribution in [0.2, 0.25) is 0 Å². The Morgan fingerprint density at radius 3 is 2.62 bits per heavy atom. The van der Waals surface area contributed by atoms with Gasteiger partial charge in [0.05, 0.1) is 6.61 Å². The lowest BCUT2D eigenvalue weighted by Gasteiger charge is -2.05. The zero-order valence-corrected chi connectivity index (χ0v) is 9.33. The van der Waals surface area contributed by atoms with Gasteiger partial charge in [-0.3, -0.25) is 4.18 Å². The second-order valence-electron chi connectivity index (χ2n) is 3.80. The Bertz CT molecular complexity index is 654. The van der Waals surface area contributed by atoms with Gasteiger partial charge in [-0.15, -0.1) is 0 Å². The van der Waals surface area contributed by atoms with Crippen molar-refractivity contribution < 1.29 is 12.6 Å². The van der Waals surface area contributed by atoms with Crippen LogP contribution in [0.4, 0.5) is 0 Å². The summed E-state index contributed by atoms with van der Waals surface area (Å²) < 4.78 is 28.6. The average molecular weight is 234 g/mol. The minimum absolute atomic E-state index is 0.218. The van der Waals surface area contributed by atoms with Crippen LogP contribution in [0.25, 0.3) is 10.8 Å². The van der Waals surface area contributed by atoms with Gasteiger partial charge in [0.2, 0.25) is 0 Å². The lowest BCUT2D eigenvalue weighted by Crippen LogP contribution is -2.05. The number of benzene rings is 2. The van der Waals surface area contributed by atoms with E-state index in [9.17, 15) is 8.42 Å². The molecule has 0 N–H and O–H groups in total. The maximum absolute atomic E-state index is 11.9. The van der Waals surface area contributed by atoms with Crippen molar-refractivity contribution in [3.8, 4) is 0 Å². The Balaban J connectivity index is 2.53. The van der Waals surface area contributed by atoms with Crippen LogP contribution in [0, 0.1) is 0 Å². The summed E-state index contributed by atoms with van der Waals surface area (Å²) in [5, 5.41) is 1.76. The van der Waals surface area contributed by atoms with E-state index < -0.39 is 10.1 Å². The minimum atomic E-state index is -3.58. The Hall–Kier alpha value is -1.39. The predicted octanol–water partition coefficient (Wildman–Crippen LogP) is 2.10. The lowest BCUT2D eigenvalue weighted by atomic mass is 10.0. The topological polar surface area (TPSA) is 43.4 Å². The average Bonchev–Trinajstić information content (AvgIpc) is 2.39. The van der Waals surface area contributed by atoms with Gasteiger partial charge in [0.15, 0.2) is 0 Å². The zero-order valence-electron chi connectivity index (χ0n) is 8.51. The van der Waals surface area contributed by atoms with E-state index in [4.69, 9.17) is 4.18 Å². The number of hydrogen-bond donors (Lipinski definition) is 0. The fourth-order valence-electron chi connectivity index (χ4n) is 2.12. The third-order valence-corrected chi connectivity index (χ3v) is 4.19. The van der Waals surface area contributed by atoms with Gasteiger partial charge in [-0.05, 0) is 23.4 Å². The Kier molecular flexibility index (Phi) is 2.02. The first-order valence-electron chi connectivity index (χ1n) is 5.08. The van der Waals surface area contributed by atoms with E-state index in [1.54, 1.807) is 12.1 Å². The molecule has 1 aliphatic heterocycles. The van der Waals surface area contributed by atoms with E-state index in [-0.39, 0.29) is 11.5 Å². The molecule has 3 rings (SSSR count). The van der Waals surface area contributed by atoms with Crippen LogP contribution in [0.3, 0.4) is 0 Å². The van der Waals surface area contributed by atoms with E-state index >= 15 is 0 Å². The summed E-state index contributed by atoms with van der Waals surface area (Å²) in [6.07, 6.45) is 0.633. The molecule has 2 aromatic rings. The second kappa shape index (κ2) is 3.30. The van der Waals surface area contributed by atoms with Gasteiger partial charge in [0.25, 0.3) is 10.1 Å². The monoisotopic (exact) mass is 234 g/mol. The van der Waals surface area contributed by atoms with Crippen LogP contribution in [-0.4, -0.2) is 15.0 Å². The molecular formula is C12H10O3S. The summed E-state index contributed by atoms with van der Waals surface area (Å²) in [7, 11) is -3.58. The van der Waals surface area contributed by atoms with E-state index in [0.717, 1.165) is 16.3 Å². The van der Waals surface area contributed by atoms with Crippen LogP contribution in [-0.2, 0) is 20.7 Å². The molecule has 0 bridgehead atoms. The van der Waals surface area contributed by atoms with Crippen molar-refractivity contribution in [3.05, 3.63) is 42.0 Å². The molecule has 82 valence electrons. The van der Waals surface area contributed by atoms with Gasteiger partial charge >= 0.3 is 0 Å². The normalized spacial score (nSPS) is 18.2. The highest BCUT2D eigenvalue weighted by Gasteiger charge is 2.23. The number of rotatable bonds is 0. The third kappa shape index (κ3) is 1.34. The van der Waals surface area contributed by atoms with Gasteiger partial charge < -0.3 is 0 Å². The Morgan fingerprint density at radius 2 is 1.81 bits per heavy atom. The van der Waals surface area contributed by atoms with Crippen LogP contribution in [0.5, 0.6) is 0 Å². The highest BCUT2D eigenvalue weighted by atomic mass is 32.2. The largest absolute Gasteiger partial charge is 0.297 e. The van der Waals surface area contributed by atoms with Crippen molar-refractivity contribution in [2.24, 2.45) is 0 Å². The quantitative estimate of drug-likeness (QED) is 0.656. The Morgan fingerprint density at radius 1 is 1.06 bits per heavy atom. The summed E-state index contributed by atoms with van der Waals surface area (Å²) >= 11 is 0. The first kappa shape index (κ1) is 9.81.